The van der Waals surface area contributed by atoms with Crippen molar-refractivity contribution in [2.75, 3.05) is 12.4 Å². The van der Waals surface area contributed by atoms with E-state index in [1.54, 1.807) is 0 Å². The molecular formula is C17H30N2O12S. The van der Waals surface area contributed by atoms with E-state index in [2.05, 4.69) is 23.3 Å². The Morgan fingerprint density at radius 1 is 0.938 bits per heavy atom. The lowest BCUT2D eigenvalue weighted by molar-refractivity contribution is -0.319. The minimum atomic E-state index is -1.91. The van der Waals surface area contributed by atoms with Crippen LogP contribution in [0.3, 0.4) is 0 Å². The highest BCUT2D eigenvalue weighted by Gasteiger charge is 2.53. The van der Waals surface area contributed by atoms with Crippen molar-refractivity contribution in [1.82, 2.24) is 10.6 Å². The molecule has 0 bridgehead atoms. The summed E-state index contributed by atoms with van der Waals surface area (Å²) >= 11 is 3.97. The number of amides is 2. The summed E-state index contributed by atoms with van der Waals surface area (Å²) in [5, 5.41) is 84.6. The van der Waals surface area contributed by atoms with Crippen molar-refractivity contribution in [3.8, 4) is 0 Å². The van der Waals surface area contributed by atoms with E-state index in [1.807, 2.05) is 0 Å². The molecule has 1 aliphatic heterocycles. The minimum Gasteiger partial charge on any atom is -0.394 e. The first kappa shape index (κ1) is 27.1. The van der Waals surface area contributed by atoms with Gasteiger partial charge in [-0.2, -0.15) is 12.6 Å². The Labute approximate surface area is 188 Å². The zero-order chi connectivity index (χ0) is 24.3. The van der Waals surface area contributed by atoms with E-state index >= 15 is 0 Å². The van der Waals surface area contributed by atoms with Crippen LogP contribution in [-0.4, -0.2) is 138 Å². The molecule has 2 rings (SSSR count). The normalized spacial score (nSPS) is 43.4. The van der Waals surface area contributed by atoms with Gasteiger partial charge in [0.05, 0.1) is 6.61 Å². The van der Waals surface area contributed by atoms with E-state index in [4.69, 9.17) is 9.47 Å². The molecule has 2 fully saturated rings. The Hall–Kier alpha value is -1.11. The largest absolute Gasteiger partial charge is 0.394 e. The number of carbonyl (C=O) groups excluding carboxylic acids is 2. The van der Waals surface area contributed by atoms with Crippen molar-refractivity contribution in [3.05, 3.63) is 0 Å². The average molecular weight is 486 g/mol. The minimum absolute atomic E-state index is 0.126. The van der Waals surface area contributed by atoms with E-state index in [9.17, 15) is 50.4 Å². The van der Waals surface area contributed by atoms with E-state index in [0.29, 0.717) is 0 Å². The maximum atomic E-state index is 12.6. The summed E-state index contributed by atoms with van der Waals surface area (Å²) in [6.07, 6.45) is -17.8. The maximum Gasteiger partial charge on any atom is 0.243 e. The van der Waals surface area contributed by atoms with Crippen molar-refractivity contribution in [2.24, 2.45) is 0 Å². The number of thiol groups is 1. The number of hydrogen-bond donors (Lipinski definition) is 11. The second-order valence-corrected chi connectivity index (χ2v) is 8.10. The second kappa shape index (κ2) is 11.3. The monoisotopic (exact) mass is 486 g/mol. The highest BCUT2D eigenvalue weighted by atomic mass is 32.1. The summed E-state index contributed by atoms with van der Waals surface area (Å²) in [6, 6.07) is -2.68. The predicted octanol–water partition coefficient (Wildman–Crippen LogP) is -6.45. The average Bonchev–Trinajstić information content (AvgIpc) is 2.76. The summed E-state index contributed by atoms with van der Waals surface area (Å²) in [5.41, 5.74) is 0. The Balaban J connectivity index is 2.27. The number of ether oxygens (including phenoxy) is 2. The lowest BCUT2D eigenvalue weighted by Gasteiger charge is -2.47. The smallest absolute Gasteiger partial charge is 0.243 e. The molecule has 2 aliphatic rings. The van der Waals surface area contributed by atoms with E-state index in [0.717, 1.165) is 0 Å². The highest BCUT2D eigenvalue weighted by Crippen LogP contribution is 2.29. The van der Waals surface area contributed by atoms with Crippen LogP contribution in [0, 0.1) is 0 Å². The molecule has 32 heavy (non-hydrogen) atoms. The van der Waals surface area contributed by atoms with Gasteiger partial charge in [0.2, 0.25) is 11.8 Å². The van der Waals surface area contributed by atoms with Crippen LogP contribution in [-0.2, 0) is 19.1 Å². The van der Waals surface area contributed by atoms with Crippen molar-refractivity contribution in [3.63, 3.8) is 0 Å². The summed E-state index contributed by atoms with van der Waals surface area (Å²) in [4.78, 5) is 23.8. The third kappa shape index (κ3) is 5.68. The molecule has 12 atom stereocenters. The first-order chi connectivity index (χ1) is 14.9. The first-order valence-corrected chi connectivity index (χ1v) is 10.4. The Morgan fingerprint density at radius 2 is 1.47 bits per heavy atom. The third-order valence-electron chi connectivity index (χ3n) is 5.43. The number of hydrogen-bond acceptors (Lipinski definition) is 13. The molecule has 1 saturated carbocycles. The predicted molar refractivity (Wildman–Crippen MR) is 106 cm³/mol. The number of aliphatic hydroxyl groups excluding tert-OH is 8. The highest BCUT2D eigenvalue weighted by molar-refractivity contribution is 7.80. The molecule has 186 valence electrons. The van der Waals surface area contributed by atoms with Gasteiger partial charge in [-0.25, -0.2) is 0 Å². The van der Waals surface area contributed by atoms with Gasteiger partial charge in [-0.1, -0.05) is 0 Å². The zero-order valence-corrected chi connectivity index (χ0v) is 17.9. The van der Waals surface area contributed by atoms with Crippen LogP contribution in [0.5, 0.6) is 0 Å². The molecule has 10 N–H and O–H groups in total. The summed E-state index contributed by atoms with van der Waals surface area (Å²) in [6.45, 7) is 0.393. The molecular weight excluding hydrogens is 456 g/mol. The topological polar surface area (TPSA) is 238 Å². The number of rotatable bonds is 7. The molecule has 1 aliphatic carbocycles. The first-order valence-electron chi connectivity index (χ1n) is 9.81. The van der Waals surface area contributed by atoms with Crippen LogP contribution in [0.25, 0.3) is 0 Å². The molecule has 14 nitrogen and oxygen atoms in total. The molecule has 0 aromatic carbocycles. The van der Waals surface area contributed by atoms with Crippen molar-refractivity contribution in [1.29, 1.82) is 0 Å². The fourth-order valence-corrected chi connectivity index (χ4v) is 3.83. The van der Waals surface area contributed by atoms with Crippen LogP contribution >= 0.6 is 12.6 Å². The molecule has 15 heteroatoms. The quantitative estimate of drug-likeness (QED) is 0.151. The van der Waals surface area contributed by atoms with Crippen LogP contribution in [0.4, 0.5) is 0 Å². The SMILES string of the molecule is CC(=O)N[C@@H](CS)C(=O)N[C@H]1[C@@H](OC2[C@@H](O)[C@H](O)C(O)[C@H](O)[C@@H]2O)O[C@H](CO)[C@@H](O)[C@@H]1O. The number of aliphatic hydroxyl groups is 8. The van der Waals surface area contributed by atoms with E-state index in [-0.39, 0.29) is 5.75 Å². The summed E-state index contributed by atoms with van der Waals surface area (Å²) in [7, 11) is 0. The fourth-order valence-electron chi connectivity index (χ4n) is 3.57. The third-order valence-corrected chi connectivity index (χ3v) is 5.80. The van der Waals surface area contributed by atoms with Crippen LogP contribution in [0.1, 0.15) is 6.92 Å². The number of nitrogens with one attached hydrogen (secondary N) is 2. The zero-order valence-electron chi connectivity index (χ0n) is 17.0. The lowest BCUT2D eigenvalue weighted by atomic mass is 9.84. The Bertz CT molecular complexity index is 643. The van der Waals surface area contributed by atoms with Gasteiger partial charge in [-0.15, -0.1) is 0 Å². The van der Waals surface area contributed by atoms with Crippen LogP contribution in [0.2, 0.25) is 0 Å². The molecule has 0 aromatic heterocycles. The maximum absolute atomic E-state index is 12.6. The van der Waals surface area contributed by atoms with Gasteiger partial charge in [0.25, 0.3) is 0 Å². The van der Waals surface area contributed by atoms with Crippen molar-refractivity contribution < 1.29 is 59.9 Å². The van der Waals surface area contributed by atoms with Crippen molar-refractivity contribution in [2.45, 2.75) is 80.2 Å². The molecule has 2 unspecified atom stereocenters. The van der Waals surface area contributed by atoms with Gasteiger partial charge in [0.15, 0.2) is 6.29 Å². The fraction of sp³-hybridized carbons (Fsp3) is 0.882. The number of carbonyl (C=O) groups is 2. The van der Waals surface area contributed by atoms with Gasteiger partial charge in [0.1, 0.15) is 67.0 Å². The lowest BCUT2D eigenvalue weighted by Crippen LogP contribution is -2.69. The molecule has 1 heterocycles. The summed E-state index contributed by atoms with van der Waals surface area (Å²) in [5.74, 6) is -1.51. The van der Waals surface area contributed by atoms with Gasteiger partial charge in [-0.05, 0) is 0 Å². The molecule has 0 spiro atoms. The van der Waals surface area contributed by atoms with Gasteiger partial charge in [-0.3, -0.25) is 9.59 Å². The van der Waals surface area contributed by atoms with E-state index in [1.165, 1.54) is 6.92 Å². The van der Waals surface area contributed by atoms with E-state index < -0.39 is 91.7 Å². The van der Waals surface area contributed by atoms with Gasteiger partial charge >= 0.3 is 0 Å². The second-order valence-electron chi connectivity index (χ2n) is 7.73. The van der Waals surface area contributed by atoms with Crippen LogP contribution in [0.15, 0.2) is 0 Å². The van der Waals surface area contributed by atoms with Crippen molar-refractivity contribution >= 4 is 24.4 Å². The molecule has 0 aromatic rings. The molecule has 0 radical (unpaired) electrons. The standard InChI is InChI=1S/C17H30N2O12S/c1-4(21)18-5(3-32)16(29)19-7-9(23)8(22)6(2-20)30-17(7)31-15-13(27)11(25)10(24)12(26)14(15)28/h5-15,17,20,22-28,32H,2-3H2,1H3,(H,18,21)(H,19,29)/t5-,6+,7+,8+,9+,10?,11-,12+,13-,14-,15?,17+/m0/s1. The molecule has 1 saturated heterocycles. The molecule has 2 amide bonds. The Kier molecular flexibility index (Phi) is 9.62. The summed E-state index contributed by atoms with van der Waals surface area (Å²) < 4.78 is 10.8. The van der Waals surface area contributed by atoms with Gasteiger partial charge < -0.3 is 61.0 Å². The Morgan fingerprint density at radius 3 is 1.94 bits per heavy atom. The van der Waals surface area contributed by atoms with Crippen LogP contribution < -0.4 is 10.6 Å². The van der Waals surface area contributed by atoms with Gasteiger partial charge in [0, 0.05) is 12.7 Å².